The van der Waals surface area contributed by atoms with Gasteiger partial charge in [-0.2, -0.15) is 0 Å². The summed E-state index contributed by atoms with van der Waals surface area (Å²) in [6.07, 6.45) is 2.64. The fraction of sp³-hybridized carbons (Fsp3) is 0.450. The maximum atomic E-state index is 13.1. The Morgan fingerprint density at radius 2 is 2.11 bits per heavy atom. The van der Waals surface area contributed by atoms with Gasteiger partial charge in [-0.3, -0.25) is 14.4 Å². The first-order valence-electron chi connectivity index (χ1n) is 9.44. The molecule has 1 unspecified atom stereocenters. The average Bonchev–Trinajstić information content (AvgIpc) is 3.03. The van der Waals surface area contributed by atoms with E-state index in [1.807, 2.05) is 24.3 Å². The Morgan fingerprint density at radius 3 is 2.86 bits per heavy atom. The first-order valence-corrected chi connectivity index (χ1v) is 10.6. The summed E-state index contributed by atoms with van der Waals surface area (Å²) in [5, 5.41) is 3.92. The molecule has 2 heterocycles. The molecule has 1 aromatic heterocycles. The van der Waals surface area contributed by atoms with Crippen LogP contribution < -0.4 is 5.32 Å². The van der Waals surface area contributed by atoms with Gasteiger partial charge in [-0.15, -0.1) is 11.3 Å². The van der Waals surface area contributed by atoms with Crippen LogP contribution >= 0.6 is 22.9 Å². The number of rotatable bonds is 7. The predicted octanol–water partition coefficient (Wildman–Crippen LogP) is 3.62. The zero-order valence-corrected chi connectivity index (χ0v) is 17.3. The lowest BCUT2D eigenvalue weighted by Crippen LogP contribution is -2.57. The van der Waals surface area contributed by atoms with Gasteiger partial charge in [-0.25, -0.2) is 0 Å². The van der Waals surface area contributed by atoms with Crippen molar-refractivity contribution in [2.45, 2.75) is 38.6 Å². The van der Waals surface area contributed by atoms with Crippen LogP contribution in [0.25, 0.3) is 10.1 Å². The van der Waals surface area contributed by atoms with Crippen LogP contribution in [0.15, 0.2) is 24.3 Å². The molecule has 0 aliphatic carbocycles. The van der Waals surface area contributed by atoms with Gasteiger partial charge in [-0.1, -0.05) is 49.6 Å². The largest absolute Gasteiger partial charge is 0.466 e. The Labute approximate surface area is 172 Å². The third-order valence-corrected chi connectivity index (χ3v) is 6.36. The van der Waals surface area contributed by atoms with Crippen molar-refractivity contribution in [3.63, 3.8) is 0 Å². The third kappa shape index (κ3) is 4.47. The lowest BCUT2D eigenvalue weighted by atomic mass is 10.1. The second-order valence-corrected chi connectivity index (χ2v) is 8.11. The second kappa shape index (κ2) is 9.39. The maximum Gasteiger partial charge on any atom is 0.308 e. The summed E-state index contributed by atoms with van der Waals surface area (Å²) in [6, 6.07) is 6.62. The summed E-state index contributed by atoms with van der Waals surface area (Å²) in [4.78, 5) is 39.5. The number of carbonyl (C=O) groups is 3. The fourth-order valence-electron chi connectivity index (χ4n) is 3.20. The molecule has 0 saturated carbocycles. The minimum atomic E-state index is -0.888. The van der Waals surface area contributed by atoms with Crippen LogP contribution in [0.5, 0.6) is 0 Å². The topological polar surface area (TPSA) is 75.7 Å². The highest BCUT2D eigenvalue weighted by Gasteiger charge is 2.37. The number of hydrogen-bond donors (Lipinski definition) is 1. The number of unbranched alkanes of at least 4 members (excludes halogenated alkanes) is 2. The second-order valence-electron chi connectivity index (χ2n) is 6.68. The van der Waals surface area contributed by atoms with Crippen LogP contribution in [-0.2, 0) is 14.3 Å². The third-order valence-electron chi connectivity index (χ3n) is 4.69. The minimum Gasteiger partial charge on any atom is -0.466 e. The Bertz CT molecular complexity index is 882. The molecule has 28 heavy (non-hydrogen) atoms. The van der Waals surface area contributed by atoms with Crippen molar-refractivity contribution in [2.24, 2.45) is 0 Å². The number of nitrogens with zero attached hydrogens (tertiary/aromatic N) is 1. The molecule has 1 atom stereocenters. The smallest absolute Gasteiger partial charge is 0.308 e. The van der Waals surface area contributed by atoms with Crippen molar-refractivity contribution in [2.75, 3.05) is 19.7 Å². The highest BCUT2D eigenvalue weighted by molar-refractivity contribution is 7.21. The van der Waals surface area contributed by atoms with Crippen LogP contribution in [0.1, 0.15) is 42.3 Å². The molecule has 0 spiro atoms. The number of piperazine rings is 1. The molecule has 1 saturated heterocycles. The Morgan fingerprint density at radius 1 is 1.32 bits per heavy atom. The zero-order valence-electron chi connectivity index (χ0n) is 15.7. The quantitative estimate of drug-likeness (QED) is 0.546. The summed E-state index contributed by atoms with van der Waals surface area (Å²) < 4.78 is 6.13. The van der Waals surface area contributed by atoms with E-state index in [1.165, 1.54) is 16.2 Å². The molecule has 2 amide bonds. The number of halogens is 1. The van der Waals surface area contributed by atoms with Gasteiger partial charge in [0.25, 0.3) is 5.91 Å². The van der Waals surface area contributed by atoms with Gasteiger partial charge in [0.2, 0.25) is 5.91 Å². The van der Waals surface area contributed by atoms with Gasteiger partial charge in [0.05, 0.1) is 18.1 Å². The van der Waals surface area contributed by atoms with Crippen LogP contribution in [-0.4, -0.2) is 48.4 Å². The van der Waals surface area contributed by atoms with Crippen molar-refractivity contribution in [3.05, 3.63) is 34.2 Å². The molecule has 1 aromatic carbocycles. The van der Waals surface area contributed by atoms with Crippen molar-refractivity contribution in [1.29, 1.82) is 0 Å². The van der Waals surface area contributed by atoms with Crippen LogP contribution in [0.2, 0.25) is 5.02 Å². The molecule has 2 aromatic rings. The minimum absolute atomic E-state index is 0.161. The molecule has 1 fully saturated rings. The molecular formula is C20H23ClN2O4S. The first kappa shape index (κ1) is 20.6. The van der Waals surface area contributed by atoms with Crippen molar-refractivity contribution in [1.82, 2.24) is 10.2 Å². The molecule has 0 radical (unpaired) electrons. The van der Waals surface area contributed by atoms with Crippen LogP contribution in [0.4, 0.5) is 0 Å². The summed E-state index contributed by atoms with van der Waals surface area (Å²) in [6.45, 7) is 3.06. The van der Waals surface area contributed by atoms with E-state index in [0.29, 0.717) is 29.6 Å². The van der Waals surface area contributed by atoms with Crippen molar-refractivity contribution in [3.8, 4) is 0 Å². The van der Waals surface area contributed by atoms with Gasteiger partial charge in [0.15, 0.2) is 0 Å². The standard InChI is InChI=1S/C20H23ClN2O4S/c1-2-3-6-11-27-16(24)12-14-19(25)22-9-10-23(14)20(26)18-17(21)13-7-4-5-8-15(13)28-18/h4-5,7-8,14H,2-3,6,9-12H2,1H3,(H,22,25). The molecule has 0 bridgehead atoms. The number of carbonyl (C=O) groups excluding carboxylic acids is 3. The first-order chi connectivity index (χ1) is 13.5. The van der Waals surface area contributed by atoms with Crippen molar-refractivity contribution < 1.29 is 19.1 Å². The van der Waals surface area contributed by atoms with E-state index in [-0.39, 0.29) is 18.2 Å². The van der Waals surface area contributed by atoms with E-state index in [2.05, 4.69) is 12.2 Å². The fourth-order valence-corrected chi connectivity index (χ4v) is 4.67. The maximum absolute atomic E-state index is 13.1. The number of ether oxygens (including phenoxy) is 1. The highest BCUT2D eigenvalue weighted by Crippen LogP contribution is 2.36. The molecule has 1 aliphatic rings. The van der Waals surface area contributed by atoms with E-state index in [9.17, 15) is 14.4 Å². The normalized spacial score (nSPS) is 16.9. The Kier molecular flexibility index (Phi) is 6.91. The average molecular weight is 423 g/mol. The van der Waals surface area contributed by atoms with E-state index in [0.717, 1.165) is 29.3 Å². The number of nitrogens with one attached hydrogen (secondary N) is 1. The van der Waals surface area contributed by atoms with Gasteiger partial charge in [0, 0.05) is 23.2 Å². The van der Waals surface area contributed by atoms with E-state index >= 15 is 0 Å². The zero-order chi connectivity index (χ0) is 20.1. The van der Waals surface area contributed by atoms with Gasteiger partial charge < -0.3 is 15.0 Å². The van der Waals surface area contributed by atoms with Crippen LogP contribution in [0, 0.1) is 0 Å². The molecular weight excluding hydrogens is 400 g/mol. The van der Waals surface area contributed by atoms with E-state index in [1.54, 1.807) is 0 Å². The van der Waals surface area contributed by atoms with E-state index in [4.69, 9.17) is 16.3 Å². The molecule has 1 aliphatic heterocycles. The number of thiophene rings is 1. The molecule has 150 valence electrons. The molecule has 6 nitrogen and oxygen atoms in total. The lowest BCUT2D eigenvalue weighted by Gasteiger charge is -2.34. The SMILES string of the molecule is CCCCCOC(=O)CC1C(=O)NCCN1C(=O)c1sc2ccccc2c1Cl. The monoisotopic (exact) mass is 422 g/mol. The van der Waals surface area contributed by atoms with Gasteiger partial charge in [0.1, 0.15) is 10.9 Å². The highest BCUT2D eigenvalue weighted by atomic mass is 35.5. The number of benzene rings is 1. The Hall–Kier alpha value is -2.12. The molecule has 8 heteroatoms. The number of fused-ring (bicyclic) bond motifs is 1. The number of esters is 1. The number of amides is 2. The lowest BCUT2D eigenvalue weighted by molar-refractivity contribution is -0.147. The van der Waals surface area contributed by atoms with Gasteiger partial charge in [-0.05, 0) is 12.5 Å². The van der Waals surface area contributed by atoms with Gasteiger partial charge >= 0.3 is 5.97 Å². The molecule has 3 rings (SSSR count). The summed E-state index contributed by atoms with van der Waals surface area (Å²) in [5.74, 6) is -1.15. The summed E-state index contributed by atoms with van der Waals surface area (Å²) >= 11 is 7.73. The summed E-state index contributed by atoms with van der Waals surface area (Å²) in [7, 11) is 0. The molecule has 1 N–H and O–H groups in total. The summed E-state index contributed by atoms with van der Waals surface area (Å²) in [5.41, 5.74) is 0. The van der Waals surface area contributed by atoms with Crippen molar-refractivity contribution >= 4 is 50.8 Å². The van der Waals surface area contributed by atoms with Crippen LogP contribution in [0.3, 0.4) is 0 Å². The number of hydrogen-bond acceptors (Lipinski definition) is 5. The predicted molar refractivity (Wildman–Crippen MR) is 110 cm³/mol. The Balaban J connectivity index is 1.75. The van der Waals surface area contributed by atoms with E-state index < -0.39 is 12.0 Å².